The first-order valence-corrected chi connectivity index (χ1v) is 19.0. The zero-order valence-corrected chi connectivity index (χ0v) is 31.8. The van der Waals surface area contributed by atoms with Crippen LogP contribution in [0.2, 0.25) is 0 Å². The molecule has 1 aliphatic rings. The highest BCUT2D eigenvalue weighted by molar-refractivity contribution is 5.79. The van der Waals surface area contributed by atoms with E-state index < -0.39 is 23.9 Å². The summed E-state index contributed by atoms with van der Waals surface area (Å²) in [5.41, 5.74) is 5.35. The minimum Gasteiger partial charge on any atom is -0.494 e. The van der Waals surface area contributed by atoms with Gasteiger partial charge in [-0.1, -0.05) is 78.9 Å². The minimum atomic E-state index is -0.652. The molecule has 0 radical (unpaired) electrons. The predicted molar refractivity (Wildman–Crippen MR) is 214 cm³/mol. The van der Waals surface area contributed by atoms with Gasteiger partial charge in [-0.05, 0) is 79.4 Å². The van der Waals surface area contributed by atoms with Crippen LogP contribution in [0.4, 0.5) is 4.79 Å². The van der Waals surface area contributed by atoms with Gasteiger partial charge in [0.2, 0.25) is 0 Å². The SMILES string of the molecule is CC(C)(C)OC(=O)N1CC(OCc2ccc3cccnc3c2)C(c2ccc(OCCCOCc3ccccc3)cc2)C(OCc2ccc3cccnc3c2)C1. The number of rotatable bonds is 14. The number of fused-ring (bicyclic) bond motifs is 2. The smallest absolute Gasteiger partial charge is 0.410 e. The normalized spacial score (nSPS) is 17.4. The van der Waals surface area contributed by atoms with Crippen molar-refractivity contribution >= 4 is 27.9 Å². The maximum atomic E-state index is 13.6. The van der Waals surface area contributed by atoms with Crippen LogP contribution in [0.1, 0.15) is 55.4 Å². The summed E-state index contributed by atoms with van der Waals surface area (Å²) in [6.45, 7) is 8.73. The molecule has 284 valence electrons. The summed E-state index contributed by atoms with van der Waals surface area (Å²) in [6, 6.07) is 38.6. The van der Waals surface area contributed by atoms with E-state index in [9.17, 15) is 4.79 Å². The van der Waals surface area contributed by atoms with Crippen LogP contribution in [0.15, 0.2) is 128 Å². The summed E-state index contributed by atoms with van der Waals surface area (Å²) >= 11 is 0. The van der Waals surface area contributed by atoms with Gasteiger partial charge in [-0.2, -0.15) is 0 Å². The van der Waals surface area contributed by atoms with Crippen LogP contribution in [-0.2, 0) is 38.8 Å². The van der Waals surface area contributed by atoms with Gasteiger partial charge in [-0.15, -0.1) is 0 Å². The number of likely N-dealkylation sites (tertiary alicyclic amines) is 1. The number of carbonyl (C=O) groups is 1. The molecule has 2 aromatic heterocycles. The Bertz CT molecular complexity index is 2060. The van der Waals surface area contributed by atoms with E-state index >= 15 is 0 Å². The summed E-state index contributed by atoms with van der Waals surface area (Å²) in [5, 5.41) is 2.13. The maximum absolute atomic E-state index is 13.6. The lowest BCUT2D eigenvalue weighted by atomic mass is 9.84. The van der Waals surface area contributed by atoms with Gasteiger partial charge in [-0.3, -0.25) is 9.97 Å². The fourth-order valence-corrected chi connectivity index (χ4v) is 6.90. The van der Waals surface area contributed by atoms with Gasteiger partial charge < -0.3 is 28.6 Å². The van der Waals surface area contributed by atoms with Gasteiger partial charge in [0.1, 0.15) is 11.4 Å². The highest BCUT2D eigenvalue weighted by atomic mass is 16.6. The second-order valence-electron chi connectivity index (χ2n) is 15.0. The molecule has 2 atom stereocenters. The Balaban J connectivity index is 1.10. The molecule has 55 heavy (non-hydrogen) atoms. The molecule has 9 heteroatoms. The number of pyridine rings is 2. The molecule has 2 unspecified atom stereocenters. The number of benzene rings is 4. The molecule has 1 fully saturated rings. The largest absolute Gasteiger partial charge is 0.494 e. The van der Waals surface area contributed by atoms with E-state index in [1.807, 2.05) is 75.4 Å². The maximum Gasteiger partial charge on any atom is 0.410 e. The third kappa shape index (κ3) is 10.5. The molecule has 1 saturated heterocycles. The molecule has 0 N–H and O–H groups in total. The van der Waals surface area contributed by atoms with E-state index in [-0.39, 0.29) is 5.92 Å². The second kappa shape index (κ2) is 17.9. The standard InChI is InChI=1S/C46H49N3O6/c1-46(2,3)55-45(50)49-28-42(53-31-34-14-16-36-12-7-22-47-40(36)26-34)44(43(29-49)54-32-35-15-17-37-13-8-23-48-41(37)27-35)38-18-20-39(21-19-38)52-25-9-24-51-30-33-10-5-4-6-11-33/h4-8,10-23,26-27,42-44H,9,24-25,28-32H2,1-3H3. The highest BCUT2D eigenvalue weighted by Gasteiger charge is 2.42. The number of nitrogens with zero attached hydrogens (tertiary/aromatic N) is 3. The van der Waals surface area contributed by atoms with Crippen molar-refractivity contribution in [2.45, 2.75) is 70.7 Å². The zero-order chi connectivity index (χ0) is 38.0. The van der Waals surface area contributed by atoms with Crippen molar-refractivity contribution < 1.29 is 28.5 Å². The van der Waals surface area contributed by atoms with Crippen molar-refractivity contribution in [3.63, 3.8) is 0 Å². The van der Waals surface area contributed by atoms with E-state index in [0.29, 0.717) is 46.1 Å². The molecular formula is C46H49N3O6. The topological polar surface area (TPSA) is 92.2 Å². The van der Waals surface area contributed by atoms with E-state index in [2.05, 4.69) is 70.6 Å². The van der Waals surface area contributed by atoms with Crippen LogP contribution >= 0.6 is 0 Å². The number of ether oxygens (including phenoxy) is 5. The Hall–Kier alpha value is -5.35. The number of aromatic nitrogens is 2. The molecule has 4 aromatic carbocycles. The van der Waals surface area contributed by atoms with Crippen molar-refractivity contribution in [2.75, 3.05) is 26.3 Å². The molecule has 7 rings (SSSR count). The van der Waals surface area contributed by atoms with Crippen LogP contribution in [-0.4, -0.2) is 65.1 Å². The average Bonchev–Trinajstić information content (AvgIpc) is 3.20. The first kappa shape index (κ1) is 37.9. The van der Waals surface area contributed by atoms with E-state index in [1.54, 1.807) is 17.3 Å². The van der Waals surface area contributed by atoms with Gasteiger partial charge in [0, 0.05) is 35.5 Å². The van der Waals surface area contributed by atoms with Crippen LogP contribution in [0.5, 0.6) is 5.75 Å². The minimum absolute atomic E-state index is 0.198. The van der Waals surface area contributed by atoms with Crippen LogP contribution in [0.3, 0.4) is 0 Å². The predicted octanol–water partition coefficient (Wildman–Crippen LogP) is 9.27. The summed E-state index contributed by atoms with van der Waals surface area (Å²) in [4.78, 5) is 24.4. The summed E-state index contributed by atoms with van der Waals surface area (Å²) in [5.74, 6) is 0.580. The lowest BCUT2D eigenvalue weighted by Crippen LogP contribution is -2.55. The third-order valence-corrected chi connectivity index (χ3v) is 9.60. The Morgan fingerprint density at radius 3 is 1.85 bits per heavy atom. The summed E-state index contributed by atoms with van der Waals surface area (Å²) in [7, 11) is 0. The molecule has 0 bridgehead atoms. The van der Waals surface area contributed by atoms with Crippen LogP contribution in [0.25, 0.3) is 21.8 Å². The monoisotopic (exact) mass is 739 g/mol. The fourth-order valence-electron chi connectivity index (χ4n) is 6.90. The van der Waals surface area contributed by atoms with Crippen LogP contribution in [0, 0.1) is 0 Å². The van der Waals surface area contributed by atoms with Crippen molar-refractivity contribution in [2.24, 2.45) is 0 Å². The highest BCUT2D eigenvalue weighted by Crippen LogP contribution is 2.36. The molecular weight excluding hydrogens is 691 g/mol. The van der Waals surface area contributed by atoms with Crippen molar-refractivity contribution in [3.05, 3.63) is 150 Å². The number of hydrogen-bond donors (Lipinski definition) is 0. The molecule has 6 aromatic rings. The first-order valence-electron chi connectivity index (χ1n) is 19.0. The third-order valence-electron chi connectivity index (χ3n) is 9.60. The molecule has 3 heterocycles. The average molecular weight is 740 g/mol. The van der Waals surface area contributed by atoms with Gasteiger partial charge in [0.05, 0.1) is 69.4 Å². The Morgan fingerprint density at radius 2 is 1.27 bits per heavy atom. The molecule has 0 saturated carbocycles. The quantitative estimate of drug-likeness (QED) is 0.102. The second-order valence-corrected chi connectivity index (χ2v) is 15.0. The van der Waals surface area contributed by atoms with Gasteiger partial charge in [0.25, 0.3) is 0 Å². The van der Waals surface area contributed by atoms with Gasteiger partial charge in [0.15, 0.2) is 0 Å². The molecule has 0 aliphatic carbocycles. The van der Waals surface area contributed by atoms with Crippen molar-refractivity contribution in [1.29, 1.82) is 0 Å². The lowest BCUT2D eigenvalue weighted by Gasteiger charge is -2.43. The van der Waals surface area contributed by atoms with E-state index in [0.717, 1.165) is 56.2 Å². The fraction of sp³-hybridized carbons (Fsp3) is 0.326. The van der Waals surface area contributed by atoms with Crippen molar-refractivity contribution in [3.8, 4) is 5.75 Å². The van der Waals surface area contributed by atoms with Crippen LogP contribution < -0.4 is 4.74 Å². The number of carbonyl (C=O) groups excluding carboxylic acids is 1. The number of hydrogen-bond acceptors (Lipinski definition) is 8. The lowest BCUT2D eigenvalue weighted by molar-refractivity contribution is -0.1000. The molecule has 1 amide bonds. The van der Waals surface area contributed by atoms with E-state index in [4.69, 9.17) is 23.7 Å². The zero-order valence-electron chi connectivity index (χ0n) is 31.8. The van der Waals surface area contributed by atoms with Crippen molar-refractivity contribution in [1.82, 2.24) is 14.9 Å². The Kier molecular flexibility index (Phi) is 12.3. The number of piperidine rings is 1. The number of amides is 1. The Morgan fingerprint density at radius 1 is 0.673 bits per heavy atom. The van der Waals surface area contributed by atoms with E-state index in [1.165, 1.54) is 0 Å². The molecule has 1 aliphatic heterocycles. The first-order chi connectivity index (χ1) is 26.8. The summed E-state index contributed by atoms with van der Waals surface area (Å²) < 4.78 is 31.4. The Labute approximate surface area is 323 Å². The summed E-state index contributed by atoms with van der Waals surface area (Å²) in [6.07, 6.45) is 3.16. The van der Waals surface area contributed by atoms with Gasteiger partial charge >= 0.3 is 6.09 Å². The molecule has 0 spiro atoms. The molecule has 9 nitrogen and oxygen atoms in total. The van der Waals surface area contributed by atoms with Gasteiger partial charge in [-0.25, -0.2) is 4.79 Å².